The topological polar surface area (TPSA) is 101 Å². The van der Waals surface area contributed by atoms with Gasteiger partial charge in [-0.2, -0.15) is 10.5 Å². The smallest absolute Gasteiger partial charge is 0.328 e. The molecule has 0 saturated carbocycles. The van der Waals surface area contributed by atoms with Crippen molar-refractivity contribution < 1.29 is 9.90 Å². The fraction of sp³-hybridized carbons (Fsp3) is 0.167. The van der Waals surface area contributed by atoms with E-state index < -0.39 is 5.97 Å². The largest absolute Gasteiger partial charge is 0.478 e. The Bertz CT molecular complexity index is 506. The Hall–Kier alpha value is -2.86. The molecule has 0 aliphatic heterocycles. The maximum atomic E-state index is 10.3. The lowest BCUT2D eigenvalue weighted by Gasteiger charge is -2.16. The molecule has 1 N–H and O–H groups in total. The summed E-state index contributed by atoms with van der Waals surface area (Å²) in [4.78, 5) is 15.9. The van der Waals surface area contributed by atoms with Gasteiger partial charge in [0.1, 0.15) is 18.9 Å². The normalized spacial score (nSPS) is 9.67. The minimum atomic E-state index is -1.03. The van der Waals surface area contributed by atoms with E-state index in [-0.39, 0.29) is 13.1 Å². The number of pyridine rings is 1. The first-order valence-corrected chi connectivity index (χ1v) is 5.03. The van der Waals surface area contributed by atoms with Gasteiger partial charge in [-0.15, -0.1) is 0 Å². The van der Waals surface area contributed by atoms with Gasteiger partial charge in [-0.1, -0.05) is 0 Å². The van der Waals surface area contributed by atoms with Crippen LogP contribution in [0.3, 0.4) is 0 Å². The van der Waals surface area contributed by atoms with Crippen molar-refractivity contribution in [3.8, 4) is 12.1 Å². The first-order chi connectivity index (χ1) is 8.67. The van der Waals surface area contributed by atoms with Gasteiger partial charge in [0.2, 0.25) is 0 Å². The van der Waals surface area contributed by atoms with Crippen LogP contribution in [-0.4, -0.2) is 29.1 Å². The zero-order valence-corrected chi connectivity index (χ0v) is 9.45. The predicted octanol–water partition coefficient (Wildman–Crippen LogP) is 1.03. The van der Waals surface area contributed by atoms with Gasteiger partial charge >= 0.3 is 5.97 Å². The molecule has 0 radical (unpaired) electrons. The third-order valence-electron chi connectivity index (χ3n) is 2.04. The first kappa shape index (κ1) is 13.2. The maximum absolute atomic E-state index is 10.3. The van der Waals surface area contributed by atoms with Crippen LogP contribution in [0.15, 0.2) is 24.4 Å². The van der Waals surface area contributed by atoms with Gasteiger partial charge < -0.3 is 10.0 Å². The minimum Gasteiger partial charge on any atom is -0.478 e. The van der Waals surface area contributed by atoms with Crippen LogP contribution in [0.5, 0.6) is 0 Å². The van der Waals surface area contributed by atoms with Crippen LogP contribution >= 0.6 is 0 Å². The second-order valence-corrected chi connectivity index (χ2v) is 3.29. The summed E-state index contributed by atoms with van der Waals surface area (Å²) in [6.07, 6.45) is 3.91. The standard InChI is InChI=1S/C12H10N4O2/c13-5-7-16(8-6-14)11-3-1-10(9-15-11)2-4-12(17)18/h1-4,9H,7-8H2,(H,17,18)/b4-2+. The second kappa shape index (κ2) is 6.66. The Balaban J connectivity index is 2.84. The Morgan fingerprint density at radius 2 is 2.06 bits per heavy atom. The molecular formula is C12H10N4O2. The molecule has 0 aliphatic carbocycles. The highest BCUT2D eigenvalue weighted by molar-refractivity contribution is 5.85. The fourth-order valence-electron chi connectivity index (χ4n) is 1.24. The molecule has 0 aromatic carbocycles. The van der Waals surface area contributed by atoms with Gasteiger partial charge in [0, 0.05) is 12.3 Å². The molecule has 1 aromatic rings. The third kappa shape index (κ3) is 3.95. The van der Waals surface area contributed by atoms with E-state index in [1.165, 1.54) is 17.2 Å². The maximum Gasteiger partial charge on any atom is 0.328 e. The van der Waals surface area contributed by atoms with Crippen LogP contribution in [0.25, 0.3) is 6.08 Å². The molecule has 0 atom stereocenters. The molecule has 6 nitrogen and oxygen atoms in total. The number of nitrogens with zero attached hydrogens (tertiary/aromatic N) is 4. The average Bonchev–Trinajstić information content (AvgIpc) is 2.37. The average molecular weight is 242 g/mol. The monoisotopic (exact) mass is 242 g/mol. The Morgan fingerprint density at radius 1 is 1.39 bits per heavy atom. The molecule has 1 rings (SSSR count). The highest BCUT2D eigenvalue weighted by Crippen LogP contribution is 2.11. The van der Waals surface area contributed by atoms with E-state index in [2.05, 4.69) is 4.98 Å². The molecule has 1 aromatic heterocycles. The predicted molar refractivity (Wildman–Crippen MR) is 64.3 cm³/mol. The number of aliphatic carboxylic acids is 1. The lowest BCUT2D eigenvalue weighted by atomic mass is 10.2. The molecule has 0 amide bonds. The third-order valence-corrected chi connectivity index (χ3v) is 2.04. The summed E-state index contributed by atoms with van der Waals surface area (Å²) in [6, 6.07) is 7.20. The number of rotatable bonds is 5. The molecule has 1 heterocycles. The SMILES string of the molecule is N#CCN(CC#N)c1ccc(/C=C/C(=O)O)cn1. The van der Waals surface area contributed by atoms with E-state index in [4.69, 9.17) is 15.6 Å². The summed E-state index contributed by atoms with van der Waals surface area (Å²) in [5, 5.41) is 25.7. The summed E-state index contributed by atoms with van der Waals surface area (Å²) in [5.41, 5.74) is 0.634. The van der Waals surface area contributed by atoms with Gasteiger partial charge in [-0.05, 0) is 23.8 Å². The fourth-order valence-corrected chi connectivity index (χ4v) is 1.24. The van der Waals surface area contributed by atoms with Crippen molar-refractivity contribution in [3.05, 3.63) is 30.0 Å². The Morgan fingerprint density at radius 3 is 2.50 bits per heavy atom. The lowest BCUT2D eigenvalue weighted by molar-refractivity contribution is -0.131. The summed E-state index contributed by atoms with van der Waals surface area (Å²) in [7, 11) is 0. The van der Waals surface area contributed by atoms with E-state index in [1.807, 2.05) is 12.1 Å². The molecule has 90 valence electrons. The van der Waals surface area contributed by atoms with Crippen molar-refractivity contribution in [3.63, 3.8) is 0 Å². The molecule has 0 bridgehead atoms. The highest BCUT2D eigenvalue weighted by atomic mass is 16.4. The van der Waals surface area contributed by atoms with Gasteiger partial charge in [0.25, 0.3) is 0 Å². The zero-order valence-electron chi connectivity index (χ0n) is 9.45. The van der Waals surface area contributed by atoms with Gasteiger partial charge in [-0.25, -0.2) is 9.78 Å². The van der Waals surface area contributed by atoms with Gasteiger partial charge in [0.15, 0.2) is 0 Å². The molecule has 0 spiro atoms. The molecule has 0 unspecified atom stereocenters. The summed E-state index contributed by atoms with van der Waals surface area (Å²) in [6.45, 7) is 0.149. The van der Waals surface area contributed by atoms with Crippen molar-refractivity contribution in [2.24, 2.45) is 0 Å². The number of carbonyl (C=O) groups is 1. The molecule has 0 saturated heterocycles. The van der Waals surface area contributed by atoms with Crippen molar-refractivity contribution in [2.45, 2.75) is 0 Å². The van der Waals surface area contributed by atoms with Crippen LogP contribution in [0.1, 0.15) is 5.56 Å². The van der Waals surface area contributed by atoms with Crippen LogP contribution < -0.4 is 4.90 Å². The first-order valence-electron chi connectivity index (χ1n) is 5.03. The molecule has 0 aliphatic rings. The number of anilines is 1. The quantitative estimate of drug-likeness (QED) is 0.611. The van der Waals surface area contributed by atoms with Gasteiger partial charge in [-0.3, -0.25) is 0 Å². The summed E-state index contributed by atoms with van der Waals surface area (Å²) >= 11 is 0. The van der Waals surface area contributed by atoms with E-state index >= 15 is 0 Å². The number of hydrogen-bond donors (Lipinski definition) is 1. The molecule has 0 fully saturated rings. The summed E-state index contributed by atoms with van der Waals surface area (Å²) in [5.74, 6) is -0.528. The summed E-state index contributed by atoms with van der Waals surface area (Å²) < 4.78 is 0. The number of nitriles is 2. The van der Waals surface area contributed by atoms with Crippen molar-refractivity contribution in [1.82, 2.24) is 4.98 Å². The number of hydrogen-bond acceptors (Lipinski definition) is 5. The van der Waals surface area contributed by atoms with Crippen molar-refractivity contribution in [1.29, 1.82) is 10.5 Å². The number of carboxylic acid groups (broad SMARTS) is 1. The van der Waals surface area contributed by atoms with E-state index in [0.717, 1.165) is 6.08 Å². The van der Waals surface area contributed by atoms with Crippen molar-refractivity contribution in [2.75, 3.05) is 18.0 Å². The van der Waals surface area contributed by atoms with E-state index in [1.54, 1.807) is 12.1 Å². The minimum absolute atomic E-state index is 0.0743. The van der Waals surface area contributed by atoms with Crippen LogP contribution in [0, 0.1) is 22.7 Å². The molecule has 18 heavy (non-hydrogen) atoms. The van der Waals surface area contributed by atoms with Crippen LogP contribution in [-0.2, 0) is 4.79 Å². The van der Waals surface area contributed by atoms with Crippen LogP contribution in [0.4, 0.5) is 5.82 Å². The lowest BCUT2D eigenvalue weighted by Crippen LogP contribution is -2.24. The van der Waals surface area contributed by atoms with E-state index in [0.29, 0.717) is 11.4 Å². The zero-order chi connectivity index (χ0) is 13.4. The van der Waals surface area contributed by atoms with Crippen molar-refractivity contribution >= 4 is 17.9 Å². The molecular weight excluding hydrogens is 232 g/mol. The number of aromatic nitrogens is 1. The van der Waals surface area contributed by atoms with E-state index in [9.17, 15) is 4.79 Å². The Kier molecular flexibility index (Phi) is 4.89. The number of carboxylic acids is 1. The highest BCUT2D eigenvalue weighted by Gasteiger charge is 2.05. The van der Waals surface area contributed by atoms with Gasteiger partial charge in [0.05, 0.1) is 12.1 Å². The Labute approximate surface area is 104 Å². The van der Waals surface area contributed by atoms with Crippen LogP contribution in [0.2, 0.25) is 0 Å². The molecule has 6 heteroatoms. The second-order valence-electron chi connectivity index (χ2n) is 3.29.